The van der Waals surface area contributed by atoms with Gasteiger partial charge in [0.15, 0.2) is 0 Å². The number of rotatable bonds is 8. The molecule has 2 aliphatic carbocycles. The highest BCUT2D eigenvalue weighted by atomic mass is 16.5. The van der Waals surface area contributed by atoms with Crippen LogP contribution in [0.15, 0.2) is 71.2 Å². The highest BCUT2D eigenvalue weighted by Gasteiger charge is 2.48. The van der Waals surface area contributed by atoms with Crippen LogP contribution in [0.4, 0.5) is 5.69 Å². The van der Waals surface area contributed by atoms with Crippen molar-refractivity contribution in [2.75, 3.05) is 4.90 Å². The number of anilines is 1. The number of nitrogens with two attached hydrogens (primary N) is 1. The molecule has 0 bridgehead atoms. The van der Waals surface area contributed by atoms with Crippen molar-refractivity contribution >= 4 is 23.1 Å². The predicted octanol–water partition coefficient (Wildman–Crippen LogP) is 6.91. The Labute approximate surface area is 231 Å². The third-order valence-electron chi connectivity index (χ3n) is 8.43. The summed E-state index contributed by atoms with van der Waals surface area (Å²) in [4.78, 5) is 20.7. The summed E-state index contributed by atoms with van der Waals surface area (Å²) < 4.78 is 6.12. The Morgan fingerprint density at radius 1 is 1.10 bits per heavy atom. The van der Waals surface area contributed by atoms with Crippen LogP contribution in [-0.2, 0) is 4.79 Å². The van der Waals surface area contributed by atoms with Crippen LogP contribution in [0, 0.1) is 16.7 Å². The van der Waals surface area contributed by atoms with E-state index in [0.29, 0.717) is 17.7 Å². The average molecular weight is 523 g/mol. The summed E-state index contributed by atoms with van der Waals surface area (Å²) in [7, 11) is 0. The fourth-order valence-corrected chi connectivity index (χ4v) is 6.22. The second kappa shape index (κ2) is 11.5. The molecule has 1 aliphatic heterocycles. The van der Waals surface area contributed by atoms with E-state index < -0.39 is 5.41 Å². The molecule has 0 saturated heterocycles. The minimum absolute atomic E-state index is 0.0107. The third-order valence-corrected chi connectivity index (χ3v) is 8.43. The van der Waals surface area contributed by atoms with Gasteiger partial charge in [-0.15, -0.1) is 0 Å². The van der Waals surface area contributed by atoms with E-state index in [4.69, 9.17) is 15.5 Å². The van der Waals surface area contributed by atoms with Gasteiger partial charge < -0.3 is 10.5 Å². The number of allylic oxidation sites excluding steroid dienone is 4. The van der Waals surface area contributed by atoms with Gasteiger partial charge in [0.1, 0.15) is 5.75 Å². The lowest BCUT2D eigenvalue weighted by Gasteiger charge is -2.43. The zero-order valence-electron chi connectivity index (χ0n) is 23.0. The Morgan fingerprint density at radius 2 is 1.85 bits per heavy atom. The maximum absolute atomic E-state index is 14.2. The molecule has 2 aromatic rings. The Hall–Kier alpha value is -3.85. The van der Waals surface area contributed by atoms with Gasteiger partial charge in [-0.3, -0.25) is 9.69 Å². The summed E-state index contributed by atoms with van der Waals surface area (Å²) in [5.74, 6) is 1.07. The Morgan fingerprint density at radius 3 is 2.51 bits per heavy atom. The second-order valence-electron chi connectivity index (χ2n) is 11.2. The molecule has 39 heavy (non-hydrogen) atoms. The summed E-state index contributed by atoms with van der Waals surface area (Å²) in [5, 5.41) is 9.51. The van der Waals surface area contributed by atoms with E-state index in [0.717, 1.165) is 55.4 Å². The molecular weight excluding hydrogens is 484 g/mol. The van der Waals surface area contributed by atoms with E-state index in [2.05, 4.69) is 25.1 Å². The van der Waals surface area contributed by atoms with E-state index in [1.165, 1.54) is 18.4 Å². The molecule has 2 atom stereocenters. The Balaban J connectivity index is 1.39. The van der Waals surface area contributed by atoms with Gasteiger partial charge in [-0.25, -0.2) is 4.99 Å². The van der Waals surface area contributed by atoms with Crippen LogP contribution in [0.1, 0.15) is 82.8 Å². The number of ether oxygens (including phenoxy) is 1. The number of benzene rings is 2. The molecular formula is C33H38N4O2. The summed E-state index contributed by atoms with van der Waals surface area (Å²) in [6.07, 6.45) is 13.2. The molecule has 1 amide bonds. The van der Waals surface area contributed by atoms with Crippen LogP contribution >= 0.6 is 0 Å². The van der Waals surface area contributed by atoms with Crippen LogP contribution in [0.25, 0.3) is 5.57 Å². The Bertz CT molecular complexity index is 1340. The van der Waals surface area contributed by atoms with Crippen molar-refractivity contribution in [3.63, 3.8) is 0 Å². The quantitative estimate of drug-likeness (QED) is 0.408. The number of nitriles is 1. The number of carbonyl (C=O) groups excluding carboxylic acids is 1. The van der Waals surface area contributed by atoms with E-state index in [-0.39, 0.29) is 24.0 Å². The number of carbonyl (C=O) groups is 1. The molecule has 2 aromatic carbocycles. The highest BCUT2D eigenvalue weighted by Crippen LogP contribution is 2.43. The third kappa shape index (κ3) is 5.49. The van der Waals surface area contributed by atoms with Crippen molar-refractivity contribution in [3.8, 4) is 11.8 Å². The fourth-order valence-electron chi connectivity index (χ4n) is 6.22. The summed E-state index contributed by atoms with van der Waals surface area (Å²) in [6.45, 7) is 4.16. The number of hydrogen-bond acceptors (Lipinski definition) is 5. The number of amides is 1. The first-order valence-electron chi connectivity index (χ1n) is 14.3. The summed E-state index contributed by atoms with van der Waals surface area (Å²) in [5.41, 5.74) is 10.5. The monoisotopic (exact) mass is 522 g/mol. The smallest absolute Gasteiger partial charge is 0.242 e. The van der Waals surface area contributed by atoms with E-state index in [1.54, 1.807) is 4.90 Å². The van der Waals surface area contributed by atoms with Crippen molar-refractivity contribution in [1.29, 1.82) is 5.26 Å². The molecule has 0 radical (unpaired) electrons. The molecule has 0 aromatic heterocycles. The lowest BCUT2D eigenvalue weighted by atomic mass is 9.71. The first-order valence-corrected chi connectivity index (χ1v) is 14.3. The van der Waals surface area contributed by atoms with Crippen molar-refractivity contribution < 1.29 is 9.53 Å². The van der Waals surface area contributed by atoms with Crippen molar-refractivity contribution in [2.24, 2.45) is 16.1 Å². The molecule has 202 valence electrons. The largest absolute Gasteiger partial charge is 0.490 e. The fraction of sp³-hybridized carbons (Fsp3) is 0.424. The second-order valence-corrected chi connectivity index (χ2v) is 11.2. The van der Waals surface area contributed by atoms with Gasteiger partial charge in [0.25, 0.3) is 0 Å². The zero-order valence-corrected chi connectivity index (χ0v) is 23.0. The van der Waals surface area contributed by atoms with Gasteiger partial charge in [-0.2, -0.15) is 5.26 Å². The van der Waals surface area contributed by atoms with Crippen LogP contribution in [0.3, 0.4) is 0 Å². The lowest BCUT2D eigenvalue weighted by molar-refractivity contribution is -0.128. The minimum Gasteiger partial charge on any atom is -0.490 e. The molecule has 6 nitrogen and oxygen atoms in total. The van der Waals surface area contributed by atoms with E-state index in [9.17, 15) is 10.1 Å². The standard InChI is InChI=1S/C33H38N4O2/c1-3-8-30-33(2,21-23-13-15-24(16-14-23)29-12-7-4-9-25(29)22-34)31(38)37(32(35)36-30)26-17-19-28(20-18-26)39-27-10-5-6-11-27/h4,7,9,12-13,15,17-20,27,30H,3,5-6,8,10-11,14,16,21H2,1-2H3,(H2,35,36). The van der Waals surface area contributed by atoms with Gasteiger partial charge in [-0.05, 0) is 99.8 Å². The topological polar surface area (TPSA) is 91.7 Å². The van der Waals surface area contributed by atoms with Crippen molar-refractivity contribution in [1.82, 2.24) is 0 Å². The molecule has 2 N–H and O–H groups in total. The van der Waals surface area contributed by atoms with Crippen LogP contribution in [0.5, 0.6) is 5.75 Å². The normalized spacial score (nSPS) is 23.6. The van der Waals surface area contributed by atoms with Gasteiger partial charge in [0.05, 0.1) is 34.9 Å². The molecule has 1 heterocycles. The van der Waals surface area contributed by atoms with Gasteiger partial charge in [-0.1, -0.05) is 49.3 Å². The predicted molar refractivity (Wildman–Crippen MR) is 156 cm³/mol. The molecule has 5 rings (SSSR count). The molecule has 0 spiro atoms. The van der Waals surface area contributed by atoms with Crippen molar-refractivity contribution in [2.45, 2.75) is 83.8 Å². The van der Waals surface area contributed by atoms with Crippen LogP contribution < -0.4 is 15.4 Å². The average Bonchev–Trinajstić information content (AvgIpc) is 3.46. The molecule has 2 unspecified atom stereocenters. The number of aliphatic imine (C=N–C) groups is 1. The first-order chi connectivity index (χ1) is 18.9. The summed E-state index contributed by atoms with van der Waals surface area (Å²) >= 11 is 0. The Kier molecular flexibility index (Phi) is 7.88. The van der Waals surface area contributed by atoms with Gasteiger partial charge in [0.2, 0.25) is 11.9 Å². The molecule has 6 heteroatoms. The number of hydrogen-bond donors (Lipinski definition) is 1. The SMILES string of the molecule is CCCC1N=C(N)N(c2ccc(OC3CCCC3)cc2)C(=O)C1(C)CC1=CC=C(c2ccccc2C#N)CC1. The van der Waals surface area contributed by atoms with Gasteiger partial charge in [0, 0.05) is 0 Å². The number of guanidine groups is 1. The summed E-state index contributed by atoms with van der Waals surface area (Å²) in [6, 6.07) is 17.5. The van der Waals surface area contributed by atoms with E-state index in [1.807, 2.05) is 55.5 Å². The van der Waals surface area contributed by atoms with Crippen LogP contribution in [0.2, 0.25) is 0 Å². The molecule has 3 aliphatic rings. The van der Waals surface area contributed by atoms with Crippen molar-refractivity contribution in [3.05, 3.63) is 77.4 Å². The molecule has 1 saturated carbocycles. The molecule has 1 fully saturated rings. The maximum atomic E-state index is 14.2. The maximum Gasteiger partial charge on any atom is 0.242 e. The zero-order chi connectivity index (χ0) is 27.4. The van der Waals surface area contributed by atoms with E-state index >= 15 is 0 Å². The van der Waals surface area contributed by atoms with Gasteiger partial charge >= 0.3 is 0 Å². The minimum atomic E-state index is -0.709. The first kappa shape index (κ1) is 26.7. The highest BCUT2D eigenvalue weighted by molar-refractivity contribution is 6.19. The number of nitrogens with zero attached hydrogens (tertiary/aromatic N) is 3. The van der Waals surface area contributed by atoms with Crippen LogP contribution in [-0.4, -0.2) is 24.0 Å². The lowest BCUT2D eigenvalue weighted by Crippen LogP contribution is -2.58.